The van der Waals surface area contributed by atoms with Gasteiger partial charge in [-0.2, -0.15) is 0 Å². The van der Waals surface area contributed by atoms with Crippen LogP contribution in [-0.2, 0) is 0 Å². The van der Waals surface area contributed by atoms with E-state index in [1.807, 2.05) is 0 Å². The number of nitrogens with one attached hydrogen (secondary N) is 1. The van der Waals surface area contributed by atoms with Gasteiger partial charge in [-0.3, -0.25) is 0 Å². The molecule has 2 fully saturated rings. The first-order valence-corrected chi connectivity index (χ1v) is 8.84. The Morgan fingerprint density at radius 3 is 2.35 bits per heavy atom. The highest BCUT2D eigenvalue weighted by molar-refractivity contribution is 4.92. The van der Waals surface area contributed by atoms with Crippen molar-refractivity contribution in [3.05, 3.63) is 0 Å². The van der Waals surface area contributed by atoms with Crippen molar-refractivity contribution < 1.29 is 0 Å². The minimum atomic E-state index is 0.720. The van der Waals surface area contributed by atoms with E-state index < -0.39 is 0 Å². The largest absolute Gasteiger partial charge is 0.311 e. The molecule has 1 aliphatic heterocycles. The van der Waals surface area contributed by atoms with Crippen LogP contribution in [0.3, 0.4) is 0 Å². The van der Waals surface area contributed by atoms with Crippen molar-refractivity contribution in [3.8, 4) is 0 Å². The average Bonchev–Trinajstić information content (AvgIpc) is 2.35. The Hall–Kier alpha value is -0.0800. The molecule has 2 nitrogen and oxygen atoms in total. The van der Waals surface area contributed by atoms with Gasteiger partial charge < -0.3 is 10.2 Å². The summed E-state index contributed by atoms with van der Waals surface area (Å²) in [6.45, 7) is 13.3. The molecule has 2 heteroatoms. The van der Waals surface area contributed by atoms with Crippen LogP contribution in [0.15, 0.2) is 0 Å². The predicted molar refractivity (Wildman–Crippen MR) is 87.9 cm³/mol. The van der Waals surface area contributed by atoms with Gasteiger partial charge in [0.15, 0.2) is 0 Å². The summed E-state index contributed by atoms with van der Waals surface area (Å²) in [5, 5.41) is 4.09. The normalized spacial score (nSPS) is 44.0. The molecule has 1 N–H and O–H groups in total. The number of nitrogens with zero attached hydrogens (tertiary/aromatic N) is 1. The van der Waals surface area contributed by atoms with Gasteiger partial charge in [-0.1, -0.05) is 34.1 Å². The van der Waals surface area contributed by atoms with Crippen molar-refractivity contribution in [3.63, 3.8) is 0 Å². The lowest BCUT2D eigenvalue weighted by Crippen LogP contribution is -2.56. The summed E-state index contributed by atoms with van der Waals surface area (Å²) in [6, 6.07) is 2.20. The van der Waals surface area contributed by atoms with E-state index >= 15 is 0 Å². The van der Waals surface area contributed by atoms with Crippen LogP contribution < -0.4 is 5.32 Å². The standard InChI is InChI=1S/C18H36N2/c1-12(2)16-8-7-13(3)9-18(16)19-17-10-15(5)20(6)11-14(17)4/h12-19H,7-11H2,1-6H3. The molecule has 0 radical (unpaired) electrons. The highest BCUT2D eigenvalue weighted by Gasteiger charge is 2.35. The summed E-state index contributed by atoms with van der Waals surface area (Å²) >= 11 is 0. The van der Waals surface area contributed by atoms with Crippen LogP contribution in [0, 0.1) is 23.7 Å². The molecule has 1 heterocycles. The highest BCUT2D eigenvalue weighted by atomic mass is 15.2. The molecule has 6 atom stereocenters. The molecule has 2 aliphatic rings. The molecule has 1 aliphatic carbocycles. The van der Waals surface area contributed by atoms with Crippen LogP contribution in [0.5, 0.6) is 0 Å². The Labute approximate surface area is 126 Å². The first-order chi connectivity index (χ1) is 9.38. The number of piperidine rings is 1. The van der Waals surface area contributed by atoms with Gasteiger partial charge in [0.2, 0.25) is 0 Å². The second kappa shape index (κ2) is 6.79. The number of hydrogen-bond donors (Lipinski definition) is 1. The molecule has 118 valence electrons. The molecule has 0 amide bonds. The zero-order chi connectivity index (χ0) is 14.9. The van der Waals surface area contributed by atoms with Gasteiger partial charge in [-0.15, -0.1) is 0 Å². The fourth-order valence-electron chi connectivity index (χ4n) is 4.44. The van der Waals surface area contributed by atoms with Crippen LogP contribution in [0.1, 0.15) is 60.3 Å². The molecule has 0 aromatic heterocycles. The second-order valence-corrected chi connectivity index (χ2v) is 8.21. The summed E-state index contributed by atoms with van der Waals surface area (Å²) in [5.41, 5.74) is 0. The Balaban J connectivity index is 1.98. The molecule has 0 aromatic carbocycles. The van der Waals surface area contributed by atoms with Crippen molar-refractivity contribution in [1.82, 2.24) is 10.2 Å². The molecule has 1 saturated heterocycles. The molecule has 0 bridgehead atoms. The monoisotopic (exact) mass is 280 g/mol. The van der Waals surface area contributed by atoms with Crippen molar-refractivity contribution in [2.24, 2.45) is 23.7 Å². The maximum atomic E-state index is 4.09. The Morgan fingerprint density at radius 1 is 1.00 bits per heavy atom. The summed E-state index contributed by atoms with van der Waals surface area (Å²) in [4.78, 5) is 2.52. The van der Waals surface area contributed by atoms with E-state index in [2.05, 4.69) is 51.9 Å². The average molecular weight is 280 g/mol. The fraction of sp³-hybridized carbons (Fsp3) is 1.00. The lowest BCUT2D eigenvalue weighted by atomic mass is 9.73. The van der Waals surface area contributed by atoms with Gasteiger partial charge in [0.25, 0.3) is 0 Å². The first-order valence-electron chi connectivity index (χ1n) is 8.84. The zero-order valence-corrected chi connectivity index (χ0v) is 14.5. The van der Waals surface area contributed by atoms with Crippen molar-refractivity contribution in [2.75, 3.05) is 13.6 Å². The van der Waals surface area contributed by atoms with E-state index in [0.29, 0.717) is 0 Å². The summed E-state index contributed by atoms with van der Waals surface area (Å²) in [5.74, 6) is 3.38. The Kier molecular flexibility index (Phi) is 5.53. The fourth-order valence-corrected chi connectivity index (χ4v) is 4.44. The number of likely N-dealkylation sites (tertiary alicyclic amines) is 1. The molecular formula is C18H36N2. The van der Waals surface area contributed by atoms with Gasteiger partial charge in [0.05, 0.1) is 0 Å². The molecule has 0 aromatic rings. The lowest BCUT2D eigenvalue weighted by molar-refractivity contribution is 0.0877. The minimum Gasteiger partial charge on any atom is -0.311 e. The van der Waals surface area contributed by atoms with Crippen LogP contribution in [0.2, 0.25) is 0 Å². The topological polar surface area (TPSA) is 15.3 Å². The highest BCUT2D eigenvalue weighted by Crippen LogP contribution is 2.34. The van der Waals surface area contributed by atoms with E-state index in [1.54, 1.807) is 0 Å². The first kappa shape index (κ1) is 16.3. The SMILES string of the molecule is CC1CCC(C(C)C)C(NC2CC(C)N(C)CC2C)C1. The number of rotatable bonds is 3. The van der Waals surface area contributed by atoms with E-state index in [4.69, 9.17) is 0 Å². The molecule has 20 heavy (non-hydrogen) atoms. The quantitative estimate of drug-likeness (QED) is 0.846. The van der Waals surface area contributed by atoms with Gasteiger partial charge in [-0.05, 0) is 56.9 Å². The van der Waals surface area contributed by atoms with E-state index in [0.717, 1.165) is 41.8 Å². The third-order valence-corrected chi connectivity index (χ3v) is 6.06. The Morgan fingerprint density at radius 2 is 1.70 bits per heavy atom. The Bertz CT molecular complexity index is 302. The van der Waals surface area contributed by atoms with Crippen molar-refractivity contribution in [1.29, 1.82) is 0 Å². The van der Waals surface area contributed by atoms with Crippen LogP contribution in [0.25, 0.3) is 0 Å². The third kappa shape index (κ3) is 3.76. The maximum Gasteiger partial charge on any atom is 0.0122 e. The predicted octanol–water partition coefficient (Wildman–Crippen LogP) is 3.77. The second-order valence-electron chi connectivity index (χ2n) is 8.21. The van der Waals surface area contributed by atoms with E-state index in [1.165, 1.54) is 32.2 Å². The van der Waals surface area contributed by atoms with Gasteiger partial charge in [-0.25, -0.2) is 0 Å². The van der Waals surface area contributed by atoms with Gasteiger partial charge in [0, 0.05) is 24.7 Å². The van der Waals surface area contributed by atoms with E-state index in [-0.39, 0.29) is 0 Å². The van der Waals surface area contributed by atoms with Crippen LogP contribution in [-0.4, -0.2) is 36.6 Å². The summed E-state index contributed by atoms with van der Waals surface area (Å²) in [7, 11) is 2.27. The van der Waals surface area contributed by atoms with Gasteiger partial charge in [0.1, 0.15) is 0 Å². The molecule has 0 spiro atoms. The van der Waals surface area contributed by atoms with Crippen molar-refractivity contribution in [2.45, 2.75) is 78.4 Å². The lowest BCUT2D eigenvalue weighted by Gasteiger charge is -2.45. The molecule has 2 rings (SSSR count). The van der Waals surface area contributed by atoms with Crippen LogP contribution in [0.4, 0.5) is 0 Å². The summed E-state index contributed by atoms with van der Waals surface area (Å²) < 4.78 is 0. The van der Waals surface area contributed by atoms with Gasteiger partial charge >= 0.3 is 0 Å². The van der Waals surface area contributed by atoms with E-state index in [9.17, 15) is 0 Å². The molecule has 1 saturated carbocycles. The zero-order valence-electron chi connectivity index (χ0n) is 14.5. The smallest absolute Gasteiger partial charge is 0.0122 e. The van der Waals surface area contributed by atoms with Crippen LogP contribution >= 0.6 is 0 Å². The summed E-state index contributed by atoms with van der Waals surface area (Å²) in [6.07, 6.45) is 5.55. The molecule has 6 unspecified atom stereocenters. The van der Waals surface area contributed by atoms with Crippen molar-refractivity contribution >= 4 is 0 Å². The third-order valence-electron chi connectivity index (χ3n) is 6.06. The molecular weight excluding hydrogens is 244 g/mol. The number of hydrogen-bond acceptors (Lipinski definition) is 2. The maximum absolute atomic E-state index is 4.09. The minimum absolute atomic E-state index is 0.720.